The minimum Gasteiger partial charge on any atom is -0.481 e. The maximum Gasteiger partial charge on any atom is 0.309 e. The van der Waals surface area contributed by atoms with Gasteiger partial charge in [0.1, 0.15) is 0 Å². The summed E-state index contributed by atoms with van der Waals surface area (Å²) in [5, 5.41) is 18.3. The Hall–Kier alpha value is -1.92. The molecule has 0 aromatic rings. The van der Waals surface area contributed by atoms with Crippen molar-refractivity contribution in [1.82, 2.24) is 0 Å². The molecular formula is C16H20O6. The molecule has 0 radical (unpaired) electrons. The third-order valence-electron chi connectivity index (χ3n) is 4.07. The Morgan fingerprint density at radius 3 is 1.91 bits per heavy atom. The van der Waals surface area contributed by atoms with Crippen molar-refractivity contribution in [3.63, 3.8) is 0 Å². The molecule has 0 amide bonds. The third-order valence-corrected chi connectivity index (χ3v) is 4.07. The second kappa shape index (κ2) is 6.89. The van der Waals surface area contributed by atoms with Gasteiger partial charge in [-0.1, -0.05) is 24.3 Å². The van der Waals surface area contributed by atoms with Gasteiger partial charge in [-0.2, -0.15) is 0 Å². The molecule has 6 nitrogen and oxygen atoms in total. The standard InChI is InChI=1S/C16H20O6/c1-3-9-7-12(16(19)20)14(21-9)6-5-10-8-11(15(17)18)13(4-2)22-10/h3-6,9-14H,1-2,7-8H2,(H,17,18)(H,19,20). The molecule has 2 rings (SSSR count). The van der Waals surface area contributed by atoms with E-state index < -0.39 is 36.0 Å². The lowest BCUT2D eigenvalue weighted by molar-refractivity contribution is -0.143. The van der Waals surface area contributed by atoms with Crippen LogP contribution in [0.2, 0.25) is 0 Å². The summed E-state index contributed by atoms with van der Waals surface area (Å²) in [5.41, 5.74) is 0. The van der Waals surface area contributed by atoms with Crippen molar-refractivity contribution in [3.05, 3.63) is 37.5 Å². The molecule has 2 fully saturated rings. The lowest BCUT2D eigenvalue weighted by atomic mass is 9.97. The van der Waals surface area contributed by atoms with E-state index in [1.165, 1.54) is 6.08 Å². The maximum absolute atomic E-state index is 11.2. The predicted molar refractivity (Wildman–Crippen MR) is 78.3 cm³/mol. The summed E-state index contributed by atoms with van der Waals surface area (Å²) in [7, 11) is 0. The predicted octanol–water partition coefficient (Wildman–Crippen LogP) is 1.63. The van der Waals surface area contributed by atoms with E-state index in [0.717, 1.165) is 0 Å². The van der Waals surface area contributed by atoms with Crippen molar-refractivity contribution in [2.75, 3.05) is 0 Å². The molecular weight excluding hydrogens is 288 g/mol. The number of ether oxygens (including phenoxy) is 2. The van der Waals surface area contributed by atoms with Crippen LogP contribution >= 0.6 is 0 Å². The van der Waals surface area contributed by atoms with Gasteiger partial charge in [0.25, 0.3) is 0 Å². The molecule has 0 aliphatic carbocycles. The Bertz CT molecular complexity index is 497. The zero-order valence-corrected chi connectivity index (χ0v) is 12.1. The second-order valence-electron chi connectivity index (χ2n) is 5.50. The van der Waals surface area contributed by atoms with Crippen LogP contribution in [0.1, 0.15) is 12.8 Å². The van der Waals surface area contributed by atoms with Crippen molar-refractivity contribution in [2.24, 2.45) is 11.8 Å². The Labute approximate surface area is 128 Å². The van der Waals surface area contributed by atoms with Crippen molar-refractivity contribution in [2.45, 2.75) is 37.3 Å². The van der Waals surface area contributed by atoms with E-state index >= 15 is 0 Å². The minimum atomic E-state index is -0.923. The topological polar surface area (TPSA) is 93.1 Å². The van der Waals surface area contributed by atoms with Crippen LogP contribution in [0.25, 0.3) is 0 Å². The van der Waals surface area contributed by atoms with Gasteiger partial charge in [-0.15, -0.1) is 13.2 Å². The van der Waals surface area contributed by atoms with E-state index in [0.29, 0.717) is 12.8 Å². The van der Waals surface area contributed by atoms with Gasteiger partial charge in [-0.3, -0.25) is 9.59 Å². The molecule has 6 unspecified atom stereocenters. The van der Waals surface area contributed by atoms with Crippen LogP contribution in [0.5, 0.6) is 0 Å². The number of carboxylic acid groups (broad SMARTS) is 2. The SMILES string of the molecule is C=CC1CC(C(=O)O)C(C=CC2CC(C(=O)O)C(C=C)O2)O1. The van der Waals surface area contributed by atoms with Gasteiger partial charge in [0.15, 0.2) is 0 Å². The summed E-state index contributed by atoms with van der Waals surface area (Å²) in [6, 6.07) is 0. The smallest absolute Gasteiger partial charge is 0.309 e. The molecule has 22 heavy (non-hydrogen) atoms. The summed E-state index contributed by atoms with van der Waals surface area (Å²) in [4.78, 5) is 22.4. The molecule has 2 heterocycles. The van der Waals surface area contributed by atoms with Crippen LogP contribution < -0.4 is 0 Å². The number of hydrogen-bond acceptors (Lipinski definition) is 4. The average molecular weight is 308 g/mol. The van der Waals surface area contributed by atoms with Gasteiger partial charge in [-0.05, 0) is 12.8 Å². The Balaban J connectivity index is 2.02. The number of aliphatic carboxylic acids is 2. The molecule has 2 saturated heterocycles. The van der Waals surface area contributed by atoms with Gasteiger partial charge in [-0.25, -0.2) is 0 Å². The molecule has 6 heteroatoms. The third kappa shape index (κ3) is 3.45. The highest BCUT2D eigenvalue weighted by atomic mass is 16.5. The van der Waals surface area contributed by atoms with Crippen LogP contribution in [-0.4, -0.2) is 46.6 Å². The van der Waals surface area contributed by atoms with Gasteiger partial charge in [0.2, 0.25) is 0 Å². The van der Waals surface area contributed by atoms with E-state index in [1.807, 2.05) is 0 Å². The normalized spacial score (nSPS) is 38.2. The zero-order valence-electron chi connectivity index (χ0n) is 12.1. The molecule has 0 spiro atoms. The van der Waals surface area contributed by atoms with E-state index in [4.69, 9.17) is 14.6 Å². The molecule has 2 aliphatic rings. The number of carbonyl (C=O) groups is 2. The first-order valence-electron chi connectivity index (χ1n) is 7.16. The van der Waals surface area contributed by atoms with Crippen molar-refractivity contribution < 1.29 is 29.3 Å². The summed E-state index contributed by atoms with van der Waals surface area (Å²) >= 11 is 0. The molecule has 120 valence electrons. The van der Waals surface area contributed by atoms with Gasteiger partial charge in [0.05, 0.1) is 36.3 Å². The number of hydrogen-bond donors (Lipinski definition) is 2. The highest BCUT2D eigenvalue weighted by Crippen LogP contribution is 2.31. The highest BCUT2D eigenvalue weighted by molar-refractivity contribution is 5.72. The molecule has 6 atom stereocenters. The summed E-state index contributed by atoms with van der Waals surface area (Å²) in [6.45, 7) is 7.19. The van der Waals surface area contributed by atoms with E-state index in [-0.39, 0.29) is 12.2 Å². The van der Waals surface area contributed by atoms with E-state index in [2.05, 4.69) is 13.2 Å². The second-order valence-corrected chi connectivity index (χ2v) is 5.50. The fourth-order valence-corrected chi connectivity index (χ4v) is 2.86. The molecule has 0 saturated carbocycles. The van der Waals surface area contributed by atoms with Crippen molar-refractivity contribution in [1.29, 1.82) is 0 Å². The molecule has 2 aliphatic heterocycles. The fourth-order valence-electron chi connectivity index (χ4n) is 2.86. The van der Waals surface area contributed by atoms with Crippen LogP contribution in [0.3, 0.4) is 0 Å². The van der Waals surface area contributed by atoms with Crippen LogP contribution in [0.4, 0.5) is 0 Å². The first-order valence-corrected chi connectivity index (χ1v) is 7.16. The van der Waals surface area contributed by atoms with Crippen molar-refractivity contribution in [3.8, 4) is 0 Å². The lowest BCUT2D eigenvalue weighted by Gasteiger charge is -2.12. The Morgan fingerprint density at radius 1 is 0.864 bits per heavy atom. The summed E-state index contributed by atoms with van der Waals surface area (Å²) in [5.74, 6) is -3.11. The van der Waals surface area contributed by atoms with Crippen molar-refractivity contribution >= 4 is 11.9 Å². The molecule has 0 bridgehead atoms. The fraction of sp³-hybridized carbons (Fsp3) is 0.500. The number of rotatable bonds is 6. The highest BCUT2D eigenvalue weighted by Gasteiger charge is 2.39. The molecule has 0 aromatic heterocycles. The summed E-state index contributed by atoms with van der Waals surface area (Å²) in [6.07, 6.45) is 5.35. The Kier molecular flexibility index (Phi) is 5.15. The maximum atomic E-state index is 11.2. The van der Waals surface area contributed by atoms with E-state index in [1.54, 1.807) is 18.2 Å². The van der Waals surface area contributed by atoms with Gasteiger partial charge in [0, 0.05) is 0 Å². The average Bonchev–Trinajstić information content (AvgIpc) is 3.08. The quantitative estimate of drug-likeness (QED) is 0.724. The van der Waals surface area contributed by atoms with Crippen LogP contribution in [-0.2, 0) is 19.1 Å². The number of carboxylic acids is 2. The minimum absolute atomic E-state index is 0.284. The summed E-state index contributed by atoms with van der Waals surface area (Å²) < 4.78 is 11.2. The molecule has 0 aromatic carbocycles. The largest absolute Gasteiger partial charge is 0.481 e. The monoisotopic (exact) mass is 308 g/mol. The van der Waals surface area contributed by atoms with Crippen LogP contribution in [0, 0.1) is 11.8 Å². The first-order chi connectivity index (χ1) is 10.5. The van der Waals surface area contributed by atoms with E-state index in [9.17, 15) is 14.7 Å². The zero-order chi connectivity index (χ0) is 16.3. The lowest BCUT2D eigenvalue weighted by Crippen LogP contribution is -2.22. The van der Waals surface area contributed by atoms with Gasteiger partial charge >= 0.3 is 11.9 Å². The van der Waals surface area contributed by atoms with Gasteiger partial charge < -0.3 is 19.7 Å². The first kappa shape index (κ1) is 16.5. The Morgan fingerprint density at radius 2 is 1.41 bits per heavy atom. The molecule has 2 N–H and O–H groups in total. The van der Waals surface area contributed by atoms with Crippen LogP contribution in [0.15, 0.2) is 37.5 Å².